The van der Waals surface area contributed by atoms with Crippen molar-refractivity contribution in [3.63, 3.8) is 0 Å². The van der Waals surface area contributed by atoms with Crippen LogP contribution >= 0.6 is 0 Å². The van der Waals surface area contributed by atoms with Gasteiger partial charge < -0.3 is 15.7 Å². The fourth-order valence-corrected chi connectivity index (χ4v) is 4.16. The molecule has 1 aliphatic heterocycles. The van der Waals surface area contributed by atoms with Crippen molar-refractivity contribution in [2.24, 2.45) is 11.8 Å². The minimum absolute atomic E-state index is 0.0491. The average molecular weight is 280 g/mol. The molecule has 0 aromatic rings. The molecule has 20 heavy (non-hydrogen) atoms. The van der Waals surface area contributed by atoms with Crippen LogP contribution in [0.2, 0.25) is 0 Å². The molecule has 3 N–H and O–H groups in total. The molecule has 0 aromatic heterocycles. The minimum atomic E-state index is -0.730. The van der Waals surface area contributed by atoms with Gasteiger partial charge in [0.1, 0.15) is 0 Å². The lowest BCUT2D eigenvalue weighted by Gasteiger charge is -2.24. The highest BCUT2D eigenvalue weighted by atomic mass is 16.4. The van der Waals surface area contributed by atoms with Gasteiger partial charge in [0, 0.05) is 12.1 Å². The second-order valence-electron chi connectivity index (χ2n) is 6.66. The molecule has 1 saturated heterocycles. The normalized spacial score (nSPS) is 40.3. The third-order valence-electron chi connectivity index (χ3n) is 5.31. The Bertz CT molecular complexity index is 385. The first-order valence-corrected chi connectivity index (χ1v) is 7.92. The number of carboxylic acid groups (broad SMARTS) is 1. The molecule has 2 aliphatic carbocycles. The number of nitrogens with one attached hydrogen (secondary N) is 2. The van der Waals surface area contributed by atoms with Crippen LogP contribution in [0.4, 0.5) is 0 Å². The highest BCUT2D eigenvalue weighted by Gasteiger charge is 2.39. The van der Waals surface area contributed by atoms with E-state index >= 15 is 0 Å². The van der Waals surface area contributed by atoms with Crippen LogP contribution in [-0.4, -0.2) is 35.1 Å². The van der Waals surface area contributed by atoms with Gasteiger partial charge in [-0.1, -0.05) is 12.8 Å². The second-order valence-corrected chi connectivity index (χ2v) is 6.66. The number of hydrogen-bond acceptors (Lipinski definition) is 3. The Morgan fingerprint density at radius 2 is 1.85 bits per heavy atom. The fourth-order valence-electron chi connectivity index (χ4n) is 4.16. The SMILES string of the molecule is O=C(O)C1CCC(NC(=O)C2CC3CCCCC3N2)C1. The van der Waals surface area contributed by atoms with E-state index in [0.717, 1.165) is 12.8 Å². The third-order valence-corrected chi connectivity index (χ3v) is 5.31. The maximum atomic E-state index is 12.3. The Morgan fingerprint density at radius 3 is 2.55 bits per heavy atom. The molecule has 0 spiro atoms. The van der Waals surface area contributed by atoms with Crippen LogP contribution in [0.1, 0.15) is 51.4 Å². The van der Waals surface area contributed by atoms with Crippen molar-refractivity contribution in [3.05, 3.63) is 0 Å². The predicted molar refractivity (Wildman–Crippen MR) is 74.2 cm³/mol. The van der Waals surface area contributed by atoms with Gasteiger partial charge in [-0.2, -0.15) is 0 Å². The monoisotopic (exact) mass is 280 g/mol. The third kappa shape index (κ3) is 2.82. The van der Waals surface area contributed by atoms with Crippen LogP contribution < -0.4 is 10.6 Å². The maximum Gasteiger partial charge on any atom is 0.306 e. The van der Waals surface area contributed by atoms with Crippen molar-refractivity contribution in [1.29, 1.82) is 0 Å². The summed E-state index contributed by atoms with van der Waals surface area (Å²) in [6.45, 7) is 0. The molecule has 3 aliphatic rings. The Labute approximate surface area is 119 Å². The molecular formula is C15H24N2O3. The van der Waals surface area contributed by atoms with Crippen molar-refractivity contribution in [2.45, 2.75) is 69.5 Å². The summed E-state index contributed by atoms with van der Waals surface area (Å²) in [7, 11) is 0. The first kappa shape index (κ1) is 13.9. The molecule has 1 heterocycles. The number of amides is 1. The lowest BCUT2D eigenvalue weighted by Crippen LogP contribution is -2.46. The molecule has 5 nitrogen and oxygen atoms in total. The predicted octanol–water partition coefficient (Wildman–Crippen LogP) is 1.28. The average Bonchev–Trinajstić information content (AvgIpc) is 3.04. The second kappa shape index (κ2) is 5.72. The van der Waals surface area contributed by atoms with Gasteiger partial charge in [-0.25, -0.2) is 0 Å². The Kier molecular flexibility index (Phi) is 3.96. The summed E-state index contributed by atoms with van der Waals surface area (Å²) >= 11 is 0. The van der Waals surface area contributed by atoms with E-state index in [1.54, 1.807) is 0 Å². The molecule has 112 valence electrons. The zero-order valence-corrected chi connectivity index (χ0v) is 11.8. The van der Waals surface area contributed by atoms with Gasteiger partial charge in [0.15, 0.2) is 0 Å². The van der Waals surface area contributed by atoms with E-state index in [-0.39, 0.29) is 23.9 Å². The Morgan fingerprint density at radius 1 is 1.05 bits per heavy atom. The Hall–Kier alpha value is -1.10. The smallest absolute Gasteiger partial charge is 0.306 e. The summed E-state index contributed by atoms with van der Waals surface area (Å²) in [5.41, 5.74) is 0. The largest absolute Gasteiger partial charge is 0.481 e. The highest BCUT2D eigenvalue weighted by molar-refractivity contribution is 5.82. The highest BCUT2D eigenvalue weighted by Crippen LogP contribution is 2.33. The quantitative estimate of drug-likeness (QED) is 0.727. The van der Waals surface area contributed by atoms with Crippen molar-refractivity contribution in [3.8, 4) is 0 Å². The van der Waals surface area contributed by atoms with Crippen LogP contribution in [-0.2, 0) is 9.59 Å². The van der Waals surface area contributed by atoms with Crippen molar-refractivity contribution in [1.82, 2.24) is 10.6 Å². The minimum Gasteiger partial charge on any atom is -0.481 e. The number of aliphatic carboxylic acids is 1. The van der Waals surface area contributed by atoms with E-state index in [1.165, 1.54) is 25.7 Å². The van der Waals surface area contributed by atoms with Crippen molar-refractivity contribution >= 4 is 11.9 Å². The van der Waals surface area contributed by atoms with E-state index in [4.69, 9.17) is 5.11 Å². The van der Waals surface area contributed by atoms with Gasteiger partial charge in [0.25, 0.3) is 0 Å². The summed E-state index contributed by atoms with van der Waals surface area (Å²) < 4.78 is 0. The number of hydrogen-bond donors (Lipinski definition) is 3. The van der Waals surface area contributed by atoms with Gasteiger partial charge in [-0.3, -0.25) is 9.59 Å². The van der Waals surface area contributed by atoms with E-state index in [9.17, 15) is 9.59 Å². The summed E-state index contributed by atoms with van der Waals surface area (Å²) in [6.07, 6.45) is 8.01. The standard InChI is InChI=1S/C15H24N2O3/c18-14(16-11-6-5-10(7-11)15(19)20)13-8-9-3-1-2-4-12(9)17-13/h9-13,17H,1-8H2,(H,16,18)(H,19,20). The summed E-state index contributed by atoms with van der Waals surface area (Å²) in [5.74, 6) is -0.267. The number of carbonyl (C=O) groups is 2. The zero-order chi connectivity index (χ0) is 14.1. The molecule has 3 rings (SSSR count). The maximum absolute atomic E-state index is 12.3. The van der Waals surface area contributed by atoms with Crippen LogP contribution in [0.25, 0.3) is 0 Å². The lowest BCUT2D eigenvalue weighted by atomic mass is 9.85. The summed E-state index contributed by atoms with van der Waals surface area (Å²) in [4.78, 5) is 23.2. The molecular weight excluding hydrogens is 256 g/mol. The van der Waals surface area contributed by atoms with Crippen molar-refractivity contribution < 1.29 is 14.7 Å². The van der Waals surface area contributed by atoms with Gasteiger partial charge in [-0.15, -0.1) is 0 Å². The Balaban J connectivity index is 1.49. The molecule has 2 saturated carbocycles. The summed E-state index contributed by atoms with van der Waals surface area (Å²) in [6, 6.07) is 0.509. The van der Waals surface area contributed by atoms with E-state index in [1.807, 2.05) is 0 Å². The molecule has 1 amide bonds. The molecule has 0 aromatic carbocycles. The van der Waals surface area contributed by atoms with Gasteiger partial charge in [0.05, 0.1) is 12.0 Å². The summed E-state index contributed by atoms with van der Waals surface area (Å²) in [5, 5.41) is 15.5. The molecule has 0 radical (unpaired) electrons. The van der Waals surface area contributed by atoms with E-state index < -0.39 is 5.97 Å². The molecule has 5 unspecified atom stereocenters. The van der Waals surface area contributed by atoms with Crippen LogP contribution in [0.3, 0.4) is 0 Å². The van der Waals surface area contributed by atoms with Gasteiger partial charge >= 0.3 is 5.97 Å². The first-order valence-electron chi connectivity index (χ1n) is 7.92. The van der Waals surface area contributed by atoms with E-state index in [0.29, 0.717) is 24.8 Å². The molecule has 0 bridgehead atoms. The van der Waals surface area contributed by atoms with Crippen LogP contribution in [0.5, 0.6) is 0 Å². The van der Waals surface area contributed by atoms with Gasteiger partial charge in [0.2, 0.25) is 5.91 Å². The zero-order valence-electron chi connectivity index (χ0n) is 11.8. The molecule has 3 fully saturated rings. The van der Waals surface area contributed by atoms with Crippen LogP contribution in [0, 0.1) is 11.8 Å². The number of carboxylic acids is 1. The van der Waals surface area contributed by atoms with Gasteiger partial charge in [-0.05, 0) is 44.4 Å². The van der Waals surface area contributed by atoms with Crippen molar-refractivity contribution in [2.75, 3.05) is 0 Å². The lowest BCUT2D eigenvalue weighted by molar-refractivity contribution is -0.141. The number of rotatable bonds is 3. The molecule has 5 atom stereocenters. The van der Waals surface area contributed by atoms with Crippen LogP contribution in [0.15, 0.2) is 0 Å². The fraction of sp³-hybridized carbons (Fsp3) is 0.867. The molecule has 5 heteroatoms. The van der Waals surface area contributed by atoms with E-state index in [2.05, 4.69) is 10.6 Å². The number of carbonyl (C=O) groups excluding carboxylic acids is 1. The first-order chi connectivity index (χ1) is 9.63. The topological polar surface area (TPSA) is 78.4 Å². The number of fused-ring (bicyclic) bond motifs is 1.